The molecule has 6 heteroatoms. The van der Waals surface area contributed by atoms with Crippen molar-refractivity contribution < 1.29 is 19.8 Å². The Morgan fingerprint density at radius 1 is 1.53 bits per heavy atom. The van der Waals surface area contributed by atoms with Crippen LogP contribution in [-0.2, 0) is 9.59 Å². The molecular formula is C13H22N2O4. The molecule has 108 valence electrons. The maximum Gasteiger partial charge on any atom is 0.320 e. The number of aliphatic hydroxyl groups is 1. The minimum absolute atomic E-state index is 0.121. The van der Waals surface area contributed by atoms with E-state index in [4.69, 9.17) is 5.11 Å². The van der Waals surface area contributed by atoms with Crippen LogP contribution in [0.25, 0.3) is 0 Å². The zero-order valence-corrected chi connectivity index (χ0v) is 11.5. The number of rotatable bonds is 5. The van der Waals surface area contributed by atoms with Gasteiger partial charge in [-0.3, -0.25) is 14.9 Å². The highest BCUT2D eigenvalue weighted by Crippen LogP contribution is 2.28. The zero-order chi connectivity index (χ0) is 14.8. The van der Waals surface area contributed by atoms with Gasteiger partial charge >= 0.3 is 5.97 Å². The van der Waals surface area contributed by atoms with Gasteiger partial charge in [-0.1, -0.05) is 6.08 Å². The predicted octanol–water partition coefficient (Wildman–Crippen LogP) is -0.121. The Bertz CT molecular complexity index is 375. The summed E-state index contributed by atoms with van der Waals surface area (Å²) in [5, 5.41) is 24.9. The van der Waals surface area contributed by atoms with Crippen LogP contribution in [0, 0.1) is 5.92 Å². The van der Waals surface area contributed by atoms with Crippen LogP contribution >= 0.6 is 0 Å². The van der Waals surface area contributed by atoms with Crippen molar-refractivity contribution in [2.24, 2.45) is 5.92 Å². The average molecular weight is 270 g/mol. The number of amides is 1. The van der Waals surface area contributed by atoms with E-state index in [1.165, 1.54) is 6.92 Å². The molecule has 4 N–H and O–H groups in total. The van der Waals surface area contributed by atoms with Gasteiger partial charge in [0.2, 0.25) is 5.91 Å². The maximum absolute atomic E-state index is 11.3. The van der Waals surface area contributed by atoms with Crippen LogP contribution in [0.15, 0.2) is 12.7 Å². The SMILES string of the molecule is C=C[C@@H]1C[C@H](C(=O)O)N[C@H]1[C@@H](NC(C)=O)C(C)(C)O. The summed E-state index contributed by atoms with van der Waals surface area (Å²) in [6.07, 6.45) is 2.07. The van der Waals surface area contributed by atoms with Crippen molar-refractivity contribution in [1.82, 2.24) is 10.6 Å². The van der Waals surface area contributed by atoms with Crippen molar-refractivity contribution in [3.63, 3.8) is 0 Å². The van der Waals surface area contributed by atoms with Gasteiger partial charge in [-0.25, -0.2) is 0 Å². The third-order valence-electron chi connectivity index (χ3n) is 3.44. The van der Waals surface area contributed by atoms with Crippen LogP contribution in [0.2, 0.25) is 0 Å². The lowest BCUT2D eigenvalue weighted by Gasteiger charge is -2.36. The largest absolute Gasteiger partial charge is 0.480 e. The second kappa shape index (κ2) is 5.71. The van der Waals surface area contributed by atoms with E-state index in [1.54, 1.807) is 19.9 Å². The molecule has 6 nitrogen and oxygen atoms in total. The van der Waals surface area contributed by atoms with Crippen molar-refractivity contribution in [3.8, 4) is 0 Å². The first-order chi connectivity index (χ1) is 8.66. The fourth-order valence-electron chi connectivity index (χ4n) is 2.53. The normalized spacial score (nSPS) is 28.7. The fraction of sp³-hybridized carbons (Fsp3) is 0.692. The minimum atomic E-state index is -1.17. The summed E-state index contributed by atoms with van der Waals surface area (Å²) in [5.74, 6) is -1.33. The Morgan fingerprint density at radius 2 is 2.11 bits per heavy atom. The number of carbonyl (C=O) groups excluding carboxylic acids is 1. The summed E-state index contributed by atoms with van der Waals surface area (Å²) in [6, 6.07) is -1.63. The molecule has 0 aromatic rings. The van der Waals surface area contributed by atoms with Gasteiger partial charge in [0, 0.05) is 13.0 Å². The van der Waals surface area contributed by atoms with Crippen LogP contribution in [0.1, 0.15) is 27.2 Å². The van der Waals surface area contributed by atoms with Crippen LogP contribution < -0.4 is 10.6 Å². The van der Waals surface area contributed by atoms with Crippen molar-refractivity contribution in [3.05, 3.63) is 12.7 Å². The number of hydrogen-bond donors (Lipinski definition) is 4. The topological polar surface area (TPSA) is 98.7 Å². The van der Waals surface area contributed by atoms with Gasteiger partial charge in [0.1, 0.15) is 6.04 Å². The van der Waals surface area contributed by atoms with Crippen LogP contribution in [0.5, 0.6) is 0 Å². The lowest BCUT2D eigenvalue weighted by molar-refractivity contribution is -0.139. The van der Waals surface area contributed by atoms with E-state index in [1.807, 2.05) is 0 Å². The summed E-state index contributed by atoms with van der Waals surface area (Å²) in [6.45, 7) is 8.24. The van der Waals surface area contributed by atoms with Gasteiger partial charge < -0.3 is 15.5 Å². The molecule has 4 atom stereocenters. The van der Waals surface area contributed by atoms with Crippen molar-refractivity contribution in [1.29, 1.82) is 0 Å². The van der Waals surface area contributed by atoms with Gasteiger partial charge in [-0.05, 0) is 26.2 Å². The molecule has 0 bridgehead atoms. The van der Waals surface area contributed by atoms with E-state index in [0.29, 0.717) is 6.42 Å². The molecule has 1 aliphatic heterocycles. The Balaban J connectivity index is 2.97. The van der Waals surface area contributed by atoms with Gasteiger partial charge in [-0.2, -0.15) is 0 Å². The van der Waals surface area contributed by atoms with Crippen LogP contribution in [0.4, 0.5) is 0 Å². The highest BCUT2D eigenvalue weighted by molar-refractivity contribution is 5.75. The number of carboxylic acid groups (broad SMARTS) is 1. The second-order valence-electron chi connectivity index (χ2n) is 5.55. The molecule has 0 aromatic carbocycles. The molecule has 1 aliphatic rings. The standard InChI is InChI=1S/C13H22N2O4/c1-5-8-6-9(12(17)18)15-10(8)11(13(3,4)19)14-7(2)16/h5,8-11,15,19H,1,6H2,2-4H3,(H,14,16)(H,17,18)/t8-,9-,10-,11-/m1/s1. The zero-order valence-electron chi connectivity index (χ0n) is 11.5. The van der Waals surface area contributed by atoms with E-state index in [2.05, 4.69) is 17.2 Å². The first kappa shape index (κ1) is 15.7. The summed E-state index contributed by atoms with van der Waals surface area (Å²) in [4.78, 5) is 22.3. The predicted molar refractivity (Wildman–Crippen MR) is 70.6 cm³/mol. The number of hydrogen-bond acceptors (Lipinski definition) is 4. The fourth-order valence-corrected chi connectivity index (χ4v) is 2.53. The van der Waals surface area contributed by atoms with Gasteiger partial charge in [0.05, 0.1) is 11.6 Å². The van der Waals surface area contributed by atoms with E-state index in [0.717, 1.165) is 0 Å². The lowest BCUT2D eigenvalue weighted by atomic mass is 9.85. The molecule has 0 unspecified atom stereocenters. The van der Waals surface area contributed by atoms with Crippen LogP contribution in [0.3, 0.4) is 0 Å². The van der Waals surface area contributed by atoms with Crippen molar-refractivity contribution in [2.75, 3.05) is 0 Å². The van der Waals surface area contributed by atoms with E-state index in [-0.39, 0.29) is 17.9 Å². The van der Waals surface area contributed by atoms with E-state index in [9.17, 15) is 14.7 Å². The molecule has 0 aliphatic carbocycles. The lowest BCUT2D eigenvalue weighted by Crippen LogP contribution is -2.60. The first-order valence-corrected chi connectivity index (χ1v) is 6.27. The summed E-state index contributed by atoms with van der Waals surface area (Å²) < 4.78 is 0. The molecule has 0 saturated carbocycles. The van der Waals surface area contributed by atoms with Crippen LogP contribution in [-0.4, -0.2) is 45.8 Å². The summed E-state index contributed by atoms with van der Waals surface area (Å²) in [5.41, 5.74) is -1.17. The van der Waals surface area contributed by atoms with E-state index < -0.39 is 23.7 Å². The molecule has 1 rings (SSSR count). The third-order valence-corrected chi connectivity index (χ3v) is 3.44. The molecule has 1 amide bonds. The molecule has 1 saturated heterocycles. The number of carbonyl (C=O) groups is 2. The molecule has 0 aromatic heterocycles. The minimum Gasteiger partial charge on any atom is -0.480 e. The monoisotopic (exact) mass is 270 g/mol. The third kappa shape index (κ3) is 3.78. The average Bonchev–Trinajstić information content (AvgIpc) is 2.67. The molecule has 0 spiro atoms. The second-order valence-corrected chi connectivity index (χ2v) is 5.55. The van der Waals surface area contributed by atoms with Gasteiger partial charge in [0.15, 0.2) is 0 Å². The molecular weight excluding hydrogens is 248 g/mol. The maximum atomic E-state index is 11.3. The van der Waals surface area contributed by atoms with Gasteiger partial charge in [0.25, 0.3) is 0 Å². The molecule has 19 heavy (non-hydrogen) atoms. The number of aliphatic carboxylic acids is 1. The molecule has 0 radical (unpaired) electrons. The summed E-state index contributed by atoms with van der Waals surface area (Å²) >= 11 is 0. The Labute approximate surface area is 112 Å². The quantitative estimate of drug-likeness (QED) is 0.522. The van der Waals surface area contributed by atoms with E-state index >= 15 is 0 Å². The Morgan fingerprint density at radius 3 is 2.47 bits per heavy atom. The highest BCUT2D eigenvalue weighted by Gasteiger charge is 2.45. The van der Waals surface area contributed by atoms with Crippen molar-refractivity contribution >= 4 is 11.9 Å². The first-order valence-electron chi connectivity index (χ1n) is 6.27. The number of nitrogens with one attached hydrogen (secondary N) is 2. The molecule has 1 heterocycles. The molecule has 1 fully saturated rings. The van der Waals surface area contributed by atoms with Gasteiger partial charge in [-0.15, -0.1) is 6.58 Å². The Hall–Kier alpha value is -1.40. The number of carboxylic acids is 1. The smallest absolute Gasteiger partial charge is 0.320 e. The van der Waals surface area contributed by atoms with Crippen molar-refractivity contribution in [2.45, 2.75) is 50.9 Å². The Kier molecular flexibility index (Phi) is 4.70. The highest BCUT2D eigenvalue weighted by atomic mass is 16.4. The summed E-state index contributed by atoms with van der Waals surface area (Å²) in [7, 11) is 0.